The van der Waals surface area contributed by atoms with Crippen LogP contribution in [0.3, 0.4) is 0 Å². The summed E-state index contributed by atoms with van der Waals surface area (Å²) < 4.78 is 9.94. The molecule has 1 amide bonds. The predicted octanol–water partition coefficient (Wildman–Crippen LogP) is 1.47. The summed E-state index contributed by atoms with van der Waals surface area (Å²) in [4.78, 5) is 25.4. The van der Waals surface area contributed by atoms with E-state index in [1.807, 2.05) is 13.8 Å². The summed E-state index contributed by atoms with van der Waals surface area (Å²) in [5.41, 5.74) is 0.814. The van der Waals surface area contributed by atoms with Gasteiger partial charge in [-0.3, -0.25) is 9.59 Å². The van der Waals surface area contributed by atoms with E-state index in [2.05, 4.69) is 0 Å². The molecule has 0 spiro atoms. The molecule has 1 saturated heterocycles. The van der Waals surface area contributed by atoms with Gasteiger partial charge in [0.15, 0.2) is 5.76 Å². The average molecular weight is 251 g/mol. The third-order valence-corrected chi connectivity index (χ3v) is 3.46. The van der Waals surface area contributed by atoms with Crippen LogP contribution < -0.4 is 0 Å². The highest BCUT2D eigenvalue weighted by atomic mass is 16.5. The Hall–Kier alpha value is -1.78. The van der Waals surface area contributed by atoms with Crippen molar-refractivity contribution in [2.75, 3.05) is 20.2 Å². The van der Waals surface area contributed by atoms with E-state index in [9.17, 15) is 9.59 Å². The van der Waals surface area contributed by atoms with Gasteiger partial charge in [0.05, 0.1) is 19.3 Å². The number of amides is 1. The number of rotatable bonds is 2. The normalized spacial score (nSPS) is 23.2. The van der Waals surface area contributed by atoms with Gasteiger partial charge in [-0.05, 0) is 18.9 Å². The lowest BCUT2D eigenvalue weighted by Gasteiger charge is -2.14. The number of nitrogens with zero attached hydrogens (tertiary/aromatic N) is 1. The molecule has 2 heterocycles. The maximum atomic E-state index is 12.2. The van der Waals surface area contributed by atoms with Crippen molar-refractivity contribution < 1.29 is 18.7 Å². The molecule has 0 aromatic carbocycles. The van der Waals surface area contributed by atoms with Gasteiger partial charge in [-0.15, -0.1) is 0 Å². The highest BCUT2D eigenvalue weighted by Gasteiger charge is 2.38. The maximum absolute atomic E-state index is 12.2. The fraction of sp³-hybridized carbons (Fsp3) is 0.538. The van der Waals surface area contributed by atoms with E-state index < -0.39 is 0 Å². The van der Waals surface area contributed by atoms with Crippen molar-refractivity contribution in [1.82, 2.24) is 4.90 Å². The fourth-order valence-corrected chi connectivity index (χ4v) is 2.33. The quantitative estimate of drug-likeness (QED) is 0.747. The number of aryl methyl sites for hydroxylation is 1. The molecule has 2 atom stereocenters. The van der Waals surface area contributed by atoms with Crippen molar-refractivity contribution in [2.45, 2.75) is 13.8 Å². The highest BCUT2D eigenvalue weighted by molar-refractivity contribution is 5.93. The van der Waals surface area contributed by atoms with Crippen LogP contribution in [-0.4, -0.2) is 37.0 Å². The molecule has 98 valence electrons. The lowest BCUT2D eigenvalue weighted by Crippen LogP contribution is -2.30. The van der Waals surface area contributed by atoms with Gasteiger partial charge in [0.1, 0.15) is 0 Å². The summed E-state index contributed by atoms with van der Waals surface area (Å²) in [7, 11) is 1.37. The Morgan fingerprint density at radius 3 is 2.72 bits per heavy atom. The SMILES string of the molecule is COC(=O)C1CN(C(=O)c2occc2C)CC1C. The second kappa shape index (κ2) is 4.84. The number of ether oxygens (including phenoxy) is 1. The van der Waals surface area contributed by atoms with Crippen molar-refractivity contribution >= 4 is 11.9 Å². The monoisotopic (exact) mass is 251 g/mol. The highest BCUT2D eigenvalue weighted by Crippen LogP contribution is 2.26. The van der Waals surface area contributed by atoms with Crippen LogP contribution in [0.4, 0.5) is 0 Å². The van der Waals surface area contributed by atoms with Crippen LogP contribution in [0.1, 0.15) is 23.0 Å². The average Bonchev–Trinajstić information content (AvgIpc) is 2.93. The number of likely N-dealkylation sites (tertiary alicyclic amines) is 1. The van der Waals surface area contributed by atoms with Gasteiger partial charge in [0.2, 0.25) is 0 Å². The van der Waals surface area contributed by atoms with Crippen molar-refractivity contribution in [3.8, 4) is 0 Å². The molecule has 1 aromatic heterocycles. The molecule has 1 aromatic rings. The Labute approximate surface area is 106 Å². The molecule has 5 heteroatoms. The predicted molar refractivity (Wildman–Crippen MR) is 64.0 cm³/mol. The topological polar surface area (TPSA) is 59.8 Å². The number of carbonyl (C=O) groups is 2. The van der Waals surface area contributed by atoms with E-state index in [1.54, 1.807) is 11.0 Å². The molecule has 1 fully saturated rings. The Morgan fingerprint density at radius 2 is 2.17 bits per heavy atom. The third-order valence-electron chi connectivity index (χ3n) is 3.46. The molecule has 5 nitrogen and oxygen atoms in total. The summed E-state index contributed by atoms with van der Waals surface area (Å²) in [6, 6.07) is 1.75. The van der Waals surface area contributed by atoms with Crippen LogP contribution in [0.25, 0.3) is 0 Å². The fourth-order valence-electron chi connectivity index (χ4n) is 2.33. The van der Waals surface area contributed by atoms with Crippen LogP contribution in [0, 0.1) is 18.8 Å². The first kappa shape index (κ1) is 12.7. The van der Waals surface area contributed by atoms with E-state index >= 15 is 0 Å². The van der Waals surface area contributed by atoms with Crippen molar-refractivity contribution in [2.24, 2.45) is 11.8 Å². The second-order valence-electron chi connectivity index (χ2n) is 4.75. The molecule has 2 rings (SSSR count). The van der Waals surface area contributed by atoms with E-state index in [0.29, 0.717) is 18.8 Å². The first-order chi connectivity index (χ1) is 8.54. The van der Waals surface area contributed by atoms with Crippen LogP contribution in [-0.2, 0) is 9.53 Å². The number of furan rings is 1. The lowest BCUT2D eigenvalue weighted by atomic mass is 9.99. The van der Waals surface area contributed by atoms with Crippen LogP contribution in [0.5, 0.6) is 0 Å². The van der Waals surface area contributed by atoms with E-state index in [1.165, 1.54) is 13.4 Å². The summed E-state index contributed by atoms with van der Waals surface area (Å²) in [5, 5.41) is 0. The Balaban J connectivity index is 2.11. The smallest absolute Gasteiger partial charge is 0.310 e. The molecular weight excluding hydrogens is 234 g/mol. The maximum Gasteiger partial charge on any atom is 0.310 e. The van der Waals surface area contributed by atoms with E-state index in [0.717, 1.165) is 5.56 Å². The zero-order valence-electron chi connectivity index (χ0n) is 10.8. The second-order valence-corrected chi connectivity index (χ2v) is 4.75. The van der Waals surface area contributed by atoms with Gasteiger partial charge >= 0.3 is 5.97 Å². The van der Waals surface area contributed by atoms with E-state index in [4.69, 9.17) is 9.15 Å². The van der Waals surface area contributed by atoms with Crippen molar-refractivity contribution in [1.29, 1.82) is 0 Å². The van der Waals surface area contributed by atoms with Crippen LogP contribution >= 0.6 is 0 Å². The number of carbonyl (C=O) groups excluding carboxylic acids is 2. The summed E-state index contributed by atoms with van der Waals surface area (Å²) in [5.74, 6) is -0.191. The lowest BCUT2D eigenvalue weighted by molar-refractivity contribution is -0.146. The minimum Gasteiger partial charge on any atom is -0.469 e. The van der Waals surface area contributed by atoms with E-state index in [-0.39, 0.29) is 23.7 Å². The molecular formula is C13H17NO4. The Morgan fingerprint density at radius 1 is 1.44 bits per heavy atom. The zero-order chi connectivity index (χ0) is 13.3. The van der Waals surface area contributed by atoms with Crippen LogP contribution in [0.15, 0.2) is 16.7 Å². The molecule has 0 aliphatic carbocycles. The van der Waals surface area contributed by atoms with Gasteiger partial charge in [-0.1, -0.05) is 6.92 Å². The summed E-state index contributed by atoms with van der Waals surface area (Å²) in [6.45, 7) is 4.73. The summed E-state index contributed by atoms with van der Waals surface area (Å²) in [6.07, 6.45) is 1.50. The molecule has 0 radical (unpaired) electrons. The largest absolute Gasteiger partial charge is 0.469 e. The Bertz CT molecular complexity index is 465. The molecule has 0 bridgehead atoms. The minimum atomic E-state index is -0.256. The molecule has 2 unspecified atom stereocenters. The van der Waals surface area contributed by atoms with Gasteiger partial charge in [-0.25, -0.2) is 0 Å². The van der Waals surface area contributed by atoms with Crippen LogP contribution in [0.2, 0.25) is 0 Å². The van der Waals surface area contributed by atoms with Gasteiger partial charge < -0.3 is 14.1 Å². The summed E-state index contributed by atoms with van der Waals surface area (Å²) >= 11 is 0. The minimum absolute atomic E-state index is 0.108. The number of hydrogen-bond acceptors (Lipinski definition) is 4. The number of esters is 1. The first-order valence-corrected chi connectivity index (χ1v) is 5.95. The number of hydrogen-bond donors (Lipinski definition) is 0. The van der Waals surface area contributed by atoms with Gasteiger partial charge in [0.25, 0.3) is 5.91 Å². The molecule has 1 aliphatic rings. The molecule has 0 N–H and O–H groups in total. The molecule has 0 saturated carbocycles. The van der Waals surface area contributed by atoms with Gasteiger partial charge in [-0.2, -0.15) is 0 Å². The van der Waals surface area contributed by atoms with Crippen molar-refractivity contribution in [3.05, 3.63) is 23.7 Å². The molecule has 1 aliphatic heterocycles. The van der Waals surface area contributed by atoms with Crippen molar-refractivity contribution in [3.63, 3.8) is 0 Å². The number of methoxy groups -OCH3 is 1. The third kappa shape index (κ3) is 2.12. The standard InChI is InChI=1S/C13H17NO4/c1-8-4-5-18-11(8)12(15)14-6-9(2)10(7-14)13(16)17-3/h4-5,9-10H,6-7H2,1-3H3. The zero-order valence-corrected chi connectivity index (χ0v) is 10.8. The Kier molecular flexibility index (Phi) is 3.41. The van der Waals surface area contributed by atoms with Gasteiger partial charge in [0, 0.05) is 18.7 Å². The molecule has 18 heavy (non-hydrogen) atoms. The first-order valence-electron chi connectivity index (χ1n) is 5.95.